The summed E-state index contributed by atoms with van der Waals surface area (Å²) >= 11 is 0. The van der Waals surface area contributed by atoms with Gasteiger partial charge in [0.1, 0.15) is 17.6 Å². The van der Waals surface area contributed by atoms with Crippen LogP contribution in [0, 0.1) is 11.3 Å². The number of anilines is 1. The third-order valence-electron chi connectivity index (χ3n) is 3.97. The number of rotatable bonds is 7. The van der Waals surface area contributed by atoms with Gasteiger partial charge >= 0.3 is 6.03 Å². The van der Waals surface area contributed by atoms with Crippen LogP contribution in [0.4, 0.5) is 10.5 Å². The van der Waals surface area contributed by atoms with Crippen LogP contribution in [0.15, 0.2) is 42.5 Å². The number of nitrogens with one attached hydrogen (secondary N) is 1. The van der Waals surface area contributed by atoms with Crippen LogP contribution < -0.4 is 10.1 Å². The fourth-order valence-corrected chi connectivity index (χ4v) is 2.58. The number of benzene rings is 2. The van der Waals surface area contributed by atoms with Gasteiger partial charge in [0, 0.05) is 12.2 Å². The Hall–Kier alpha value is -3.24. The molecule has 0 saturated carbocycles. The van der Waals surface area contributed by atoms with Crippen molar-refractivity contribution in [2.24, 2.45) is 0 Å². The molecule has 0 unspecified atom stereocenters. The molecule has 2 amide bonds. The first-order valence-electron chi connectivity index (χ1n) is 8.68. The van der Waals surface area contributed by atoms with Crippen molar-refractivity contribution in [3.8, 4) is 17.6 Å². The lowest BCUT2D eigenvalue weighted by atomic mass is 10.1. The zero-order valence-electron chi connectivity index (χ0n) is 15.3. The van der Waals surface area contributed by atoms with E-state index in [0.717, 1.165) is 0 Å². The number of nitrogens with zero attached hydrogens (tertiary/aromatic N) is 2. The number of aliphatic hydroxyl groups excluding tert-OH is 1. The van der Waals surface area contributed by atoms with Crippen molar-refractivity contribution >= 4 is 11.7 Å². The van der Waals surface area contributed by atoms with E-state index >= 15 is 0 Å². The summed E-state index contributed by atoms with van der Waals surface area (Å²) in [7, 11) is 0. The van der Waals surface area contributed by atoms with Crippen LogP contribution in [0.25, 0.3) is 0 Å². The van der Waals surface area contributed by atoms with Crippen molar-refractivity contribution in [2.45, 2.75) is 20.0 Å². The van der Waals surface area contributed by atoms with E-state index in [-0.39, 0.29) is 12.3 Å². The molecule has 0 aromatic heterocycles. The summed E-state index contributed by atoms with van der Waals surface area (Å²) in [5.74, 6) is 0.516. The number of likely N-dealkylation sites (N-methyl/N-ethyl adjacent to an activating group) is 1. The Morgan fingerprint density at radius 3 is 2.70 bits per heavy atom. The van der Waals surface area contributed by atoms with Gasteiger partial charge in [-0.05, 0) is 49.7 Å². The second-order valence-corrected chi connectivity index (χ2v) is 5.84. The first-order chi connectivity index (χ1) is 13.0. The van der Waals surface area contributed by atoms with Crippen LogP contribution in [0.3, 0.4) is 0 Å². The van der Waals surface area contributed by atoms with Crippen molar-refractivity contribution < 1.29 is 19.7 Å². The zero-order chi connectivity index (χ0) is 19.8. The number of ether oxygens (including phenoxy) is 1. The van der Waals surface area contributed by atoms with Crippen LogP contribution in [-0.4, -0.2) is 40.8 Å². The van der Waals surface area contributed by atoms with Crippen molar-refractivity contribution in [1.29, 1.82) is 5.26 Å². The van der Waals surface area contributed by atoms with Crippen LogP contribution in [-0.2, 0) is 0 Å². The molecule has 0 aliphatic heterocycles. The maximum atomic E-state index is 12.5. The molecule has 1 atom stereocenters. The molecule has 0 radical (unpaired) electrons. The summed E-state index contributed by atoms with van der Waals surface area (Å²) in [5.41, 5.74) is 1.32. The van der Waals surface area contributed by atoms with Gasteiger partial charge in [-0.15, -0.1) is 0 Å². The van der Waals surface area contributed by atoms with Gasteiger partial charge < -0.3 is 25.2 Å². The van der Waals surface area contributed by atoms with Gasteiger partial charge in [-0.2, -0.15) is 5.26 Å². The van der Waals surface area contributed by atoms with E-state index in [2.05, 4.69) is 5.32 Å². The Labute approximate surface area is 158 Å². The average Bonchev–Trinajstić information content (AvgIpc) is 2.67. The van der Waals surface area contributed by atoms with E-state index in [4.69, 9.17) is 4.74 Å². The van der Waals surface area contributed by atoms with Crippen molar-refractivity contribution in [3.63, 3.8) is 0 Å². The van der Waals surface area contributed by atoms with Crippen LogP contribution in [0.1, 0.15) is 31.1 Å². The van der Waals surface area contributed by atoms with Gasteiger partial charge in [0.15, 0.2) is 0 Å². The normalized spacial score (nSPS) is 11.3. The van der Waals surface area contributed by atoms with Crippen molar-refractivity contribution in [3.05, 3.63) is 53.6 Å². The summed E-state index contributed by atoms with van der Waals surface area (Å²) in [4.78, 5) is 14.0. The van der Waals surface area contributed by atoms with Crippen LogP contribution in [0.5, 0.6) is 11.5 Å². The second-order valence-electron chi connectivity index (χ2n) is 5.84. The van der Waals surface area contributed by atoms with Gasteiger partial charge in [0.2, 0.25) is 0 Å². The van der Waals surface area contributed by atoms with E-state index < -0.39 is 12.1 Å². The Kier molecular flexibility index (Phi) is 7.03. The molecule has 0 fully saturated rings. The Bertz CT molecular complexity index is 832. The number of amides is 2. The van der Waals surface area contributed by atoms with E-state index in [0.29, 0.717) is 35.7 Å². The predicted octanol–water partition coefficient (Wildman–Crippen LogP) is 3.25. The molecule has 27 heavy (non-hydrogen) atoms. The molecule has 7 heteroatoms. The summed E-state index contributed by atoms with van der Waals surface area (Å²) in [6.45, 7) is 4.51. The Morgan fingerprint density at radius 1 is 1.30 bits per heavy atom. The molecule has 0 heterocycles. The smallest absolute Gasteiger partial charge is 0.321 e. The summed E-state index contributed by atoms with van der Waals surface area (Å²) in [5, 5.41) is 31.8. The van der Waals surface area contributed by atoms with E-state index in [9.17, 15) is 20.3 Å². The van der Waals surface area contributed by atoms with Crippen LogP contribution >= 0.6 is 0 Å². The molecule has 0 spiro atoms. The van der Waals surface area contributed by atoms with Crippen molar-refractivity contribution in [2.75, 3.05) is 25.0 Å². The highest BCUT2D eigenvalue weighted by atomic mass is 16.5. The minimum atomic E-state index is -0.933. The molecule has 0 aliphatic rings. The number of urea groups is 1. The SMILES string of the molecule is CCOc1ccc(NC(=O)N(CC)C[C@H](O)c2cccc(O)c2)cc1C#N. The summed E-state index contributed by atoms with van der Waals surface area (Å²) in [6.07, 6.45) is -0.933. The summed E-state index contributed by atoms with van der Waals surface area (Å²) < 4.78 is 5.37. The highest BCUT2D eigenvalue weighted by Crippen LogP contribution is 2.23. The van der Waals surface area contributed by atoms with E-state index in [1.54, 1.807) is 37.3 Å². The number of aliphatic hydroxyl groups is 1. The maximum Gasteiger partial charge on any atom is 0.321 e. The number of carbonyl (C=O) groups is 1. The highest BCUT2D eigenvalue weighted by molar-refractivity contribution is 5.89. The Morgan fingerprint density at radius 2 is 2.07 bits per heavy atom. The number of phenols is 1. The molecule has 2 rings (SSSR count). The average molecular weight is 369 g/mol. The first kappa shape index (κ1) is 20.1. The lowest BCUT2D eigenvalue weighted by molar-refractivity contribution is 0.128. The third kappa shape index (κ3) is 5.36. The number of nitriles is 1. The summed E-state index contributed by atoms with van der Waals surface area (Å²) in [6, 6.07) is 12.8. The number of hydrogen-bond donors (Lipinski definition) is 3. The standard InChI is InChI=1S/C20H23N3O4/c1-3-23(13-18(25)14-6-5-7-17(24)11-14)20(26)22-16-8-9-19(27-4-2)15(10-16)12-21/h5-11,18,24-25H,3-4,13H2,1-2H3,(H,22,26)/t18-/m0/s1. The molecule has 2 aromatic rings. The molecular formula is C20H23N3O4. The highest BCUT2D eigenvalue weighted by Gasteiger charge is 2.18. The fourth-order valence-electron chi connectivity index (χ4n) is 2.58. The van der Waals surface area contributed by atoms with Gasteiger partial charge in [-0.25, -0.2) is 4.79 Å². The number of phenolic OH excluding ortho intramolecular Hbond substituents is 1. The van der Waals surface area contributed by atoms with Gasteiger partial charge in [0.25, 0.3) is 0 Å². The maximum absolute atomic E-state index is 12.5. The molecule has 3 N–H and O–H groups in total. The van der Waals surface area contributed by atoms with E-state index in [1.807, 2.05) is 13.0 Å². The molecule has 7 nitrogen and oxygen atoms in total. The van der Waals surface area contributed by atoms with Crippen LogP contribution in [0.2, 0.25) is 0 Å². The molecule has 0 bridgehead atoms. The quantitative estimate of drug-likeness (QED) is 0.695. The molecular weight excluding hydrogens is 346 g/mol. The number of hydrogen-bond acceptors (Lipinski definition) is 5. The van der Waals surface area contributed by atoms with Gasteiger partial charge in [-0.1, -0.05) is 12.1 Å². The lowest BCUT2D eigenvalue weighted by Gasteiger charge is -2.24. The zero-order valence-corrected chi connectivity index (χ0v) is 15.3. The van der Waals surface area contributed by atoms with Gasteiger partial charge in [-0.3, -0.25) is 0 Å². The molecule has 2 aromatic carbocycles. The van der Waals surface area contributed by atoms with Crippen molar-refractivity contribution in [1.82, 2.24) is 4.90 Å². The largest absolute Gasteiger partial charge is 0.508 e. The minimum absolute atomic E-state index is 0.0532. The molecule has 142 valence electrons. The van der Waals surface area contributed by atoms with Gasteiger partial charge in [0.05, 0.1) is 24.8 Å². The second kappa shape index (κ2) is 9.46. The third-order valence-corrected chi connectivity index (χ3v) is 3.97. The monoisotopic (exact) mass is 369 g/mol. The number of aromatic hydroxyl groups is 1. The van der Waals surface area contributed by atoms with E-state index in [1.165, 1.54) is 17.0 Å². The lowest BCUT2D eigenvalue weighted by Crippen LogP contribution is -2.37. The fraction of sp³-hybridized carbons (Fsp3) is 0.300. The minimum Gasteiger partial charge on any atom is -0.508 e. The number of carbonyl (C=O) groups excluding carboxylic acids is 1. The Balaban J connectivity index is 2.07. The first-order valence-corrected chi connectivity index (χ1v) is 8.68. The topological polar surface area (TPSA) is 106 Å². The molecule has 0 aliphatic carbocycles. The predicted molar refractivity (Wildman–Crippen MR) is 102 cm³/mol. The molecule has 0 saturated heterocycles.